The van der Waals surface area contributed by atoms with Crippen LogP contribution < -0.4 is 4.90 Å². The molecule has 3 aromatic rings. The topological polar surface area (TPSA) is 44.3 Å². The van der Waals surface area contributed by atoms with Crippen LogP contribution in [0.15, 0.2) is 48.8 Å². The number of fused-ring (bicyclic) bond motifs is 3. The van der Waals surface area contributed by atoms with Gasteiger partial charge in [-0.25, -0.2) is 4.52 Å². The molecule has 2 aromatic heterocycles. The highest BCUT2D eigenvalue weighted by Crippen LogP contribution is 2.42. The van der Waals surface area contributed by atoms with Gasteiger partial charge in [0.2, 0.25) is 0 Å². The van der Waals surface area contributed by atoms with Gasteiger partial charge in [-0.05, 0) is 54.5 Å². The highest BCUT2D eigenvalue weighted by molar-refractivity contribution is 6.30. The van der Waals surface area contributed by atoms with Crippen LogP contribution in [0, 0.1) is 29.1 Å². The zero-order valence-electron chi connectivity index (χ0n) is 15.1. The number of piperidine rings is 1. The Morgan fingerprint density at radius 1 is 1.07 bits per heavy atom. The van der Waals surface area contributed by atoms with Crippen LogP contribution in [-0.2, 0) is 0 Å². The fourth-order valence-electron chi connectivity index (χ4n) is 4.97. The second-order valence-electron chi connectivity index (χ2n) is 7.76. The van der Waals surface area contributed by atoms with Crippen LogP contribution >= 0.6 is 11.6 Å². The summed E-state index contributed by atoms with van der Waals surface area (Å²) in [6.07, 6.45) is 7.52. The molecule has 1 saturated carbocycles. The first-order valence-corrected chi connectivity index (χ1v) is 9.99. The van der Waals surface area contributed by atoms with E-state index in [1.54, 1.807) is 0 Å². The van der Waals surface area contributed by atoms with E-state index < -0.39 is 0 Å². The molecule has 0 radical (unpaired) electrons. The Morgan fingerprint density at radius 2 is 1.81 bits per heavy atom. The van der Waals surface area contributed by atoms with Crippen molar-refractivity contribution in [1.29, 1.82) is 5.26 Å². The van der Waals surface area contributed by atoms with Crippen LogP contribution in [0.5, 0.6) is 0 Å². The molecule has 5 heteroatoms. The maximum atomic E-state index is 9.61. The molecule has 2 fully saturated rings. The van der Waals surface area contributed by atoms with Crippen LogP contribution in [0.25, 0.3) is 16.6 Å². The zero-order valence-corrected chi connectivity index (χ0v) is 15.8. The molecule has 0 amide bonds. The van der Waals surface area contributed by atoms with E-state index >= 15 is 0 Å². The van der Waals surface area contributed by atoms with E-state index in [2.05, 4.69) is 28.2 Å². The van der Waals surface area contributed by atoms with Gasteiger partial charge in [0.1, 0.15) is 0 Å². The van der Waals surface area contributed by atoms with Crippen molar-refractivity contribution in [2.24, 2.45) is 17.8 Å². The minimum absolute atomic E-state index is 0.218. The van der Waals surface area contributed by atoms with Crippen LogP contribution in [0.2, 0.25) is 5.02 Å². The van der Waals surface area contributed by atoms with Crippen LogP contribution in [0.1, 0.15) is 19.3 Å². The summed E-state index contributed by atoms with van der Waals surface area (Å²) in [7, 11) is 0. The van der Waals surface area contributed by atoms with Crippen molar-refractivity contribution in [1.82, 2.24) is 9.61 Å². The van der Waals surface area contributed by atoms with Crippen molar-refractivity contribution in [3.8, 4) is 17.2 Å². The number of rotatable bonds is 2. The summed E-state index contributed by atoms with van der Waals surface area (Å²) in [6.45, 7) is 1.92. The Hall–Kier alpha value is -2.51. The van der Waals surface area contributed by atoms with Gasteiger partial charge in [-0.15, -0.1) is 0 Å². The number of anilines is 1. The minimum atomic E-state index is 0.218. The molecule has 2 atom stereocenters. The van der Waals surface area contributed by atoms with E-state index in [0.717, 1.165) is 47.6 Å². The number of halogens is 1. The third kappa shape index (κ3) is 2.78. The molecule has 1 aliphatic carbocycles. The van der Waals surface area contributed by atoms with E-state index in [0.29, 0.717) is 11.8 Å². The summed E-state index contributed by atoms with van der Waals surface area (Å²) in [5, 5.41) is 14.9. The Balaban J connectivity index is 1.59. The summed E-state index contributed by atoms with van der Waals surface area (Å²) in [4.78, 5) is 2.48. The summed E-state index contributed by atoms with van der Waals surface area (Å²) in [5.74, 6) is 1.17. The number of nitriles is 1. The number of aromatic nitrogens is 2. The summed E-state index contributed by atoms with van der Waals surface area (Å²) >= 11 is 6.07. The quantitative estimate of drug-likeness (QED) is 0.630. The Morgan fingerprint density at radius 3 is 2.52 bits per heavy atom. The van der Waals surface area contributed by atoms with Crippen molar-refractivity contribution in [3.63, 3.8) is 0 Å². The van der Waals surface area contributed by atoms with Crippen molar-refractivity contribution < 1.29 is 0 Å². The van der Waals surface area contributed by atoms with Crippen molar-refractivity contribution in [2.45, 2.75) is 19.3 Å². The van der Waals surface area contributed by atoms with Gasteiger partial charge in [0, 0.05) is 29.9 Å². The van der Waals surface area contributed by atoms with Crippen molar-refractivity contribution >= 4 is 22.8 Å². The molecule has 1 saturated heterocycles. The molecule has 136 valence electrons. The Bertz CT molecular complexity index is 1000. The highest BCUT2D eigenvalue weighted by atomic mass is 35.5. The second-order valence-corrected chi connectivity index (χ2v) is 8.20. The monoisotopic (exact) mass is 376 g/mol. The second kappa shape index (κ2) is 6.58. The van der Waals surface area contributed by atoms with Gasteiger partial charge >= 0.3 is 0 Å². The summed E-state index contributed by atoms with van der Waals surface area (Å²) < 4.78 is 1.96. The fourth-order valence-corrected chi connectivity index (χ4v) is 5.09. The lowest BCUT2D eigenvalue weighted by atomic mass is 9.69. The third-order valence-electron chi connectivity index (χ3n) is 6.24. The van der Waals surface area contributed by atoms with E-state index in [-0.39, 0.29) is 5.92 Å². The molecule has 2 bridgehead atoms. The lowest BCUT2D eigenvalue weighted by Gasteiger charge is -2.45. The van der Waals surface area contributed by atoms with Crippen LogP contribution in [-0.4, -0.2) is 22.7 Å². The van der Waals surface area contributed by atoms with E-state index in [4.69, 9.17) is 11.6 Å². The molecule has 2 aliphatic rings. The zero-order chi connectivity index (χ0) is 18.4. The largest absolute Gasteiger partial charge is 0.369 e. The first kappa shape index (κ1) is 16.6. The SMILES string of the molecule is N#CC1C2CCCC1CN(c1cccn3ncc(-c4ccc(Cl)cc4)c13)C2. The first-order chi connectivity index (χ1) is 13.2. The maximum absolute atomic E-state index is 9.61. The number of pyridine rings is 1. The average Bonchev–Trinajstić information content (AvgIpc) is 3.12. The predicted molar refractivity (Wildman–Crippen MR) is 108 cm³/mol. The Kier molecular flexibility index (Phi) is 4.06. The lowest BCUT2D eigenvalue weighted by Crippen LogP contribution is -2.48. The molecule has 0 N–H and O–H groups in total. The normalized spacial score (nSPS) is 24.7. The van der Waals surface area contributed by atoms with Gasteiger partial charge < -0.3 is 4.90 Å². The van der Waals surface area contributed by atoms with Gasteiger partial charge in [-0.2, -0.15) is 10.4 Å². The molecule has 2 unspecified atom stereocenters. The van der Waals surface area contributed by atoms with E-state index in [9.17, 15) is 5.26 Å². The number of hydrogen-bond acceptors (Lipinski definition) is 3. The number of hydrogen-bond donors (Lipinski definition) is 0. The summed E-state index contributed by atoms with van der Waals surface area (Å²) in [5.41, 5.74) is 4.59. The maximum Gasteiger partial charge on any atom is 0.0973 e. The Labute approximate surface area is 164 Å². The third-order valence-corrected chi connectivity index (χ3v) is 6.49. The van der Waals surface area contributed by atoms with Crippen LogP contribution in [0.3, 0.4) is 0 Å². The standard InChI is InChI=1S/C22H21ClN4/c23-18-8-6-15(7-9-18)20-12-25-27-10-2-5-21(22(20)27)26-13-16-3-1-4-17(14-26)19(16)11-24/h2,5-10,12,16-17,19H,1,3-4,13-14H2. The fraction of sp³-hybridized carbons (Fsp3) is 0.364. The molecule has 4 nitrogen and oxygen atoms in total. The molecule has 3 heterocycles. The highest BCUT2D eigenvalue weighted by Gasteiger charge is 2.40. The van der Waals surface area contributed by atoms with Gasteiger partial charge in [-0.1, -0.05) is 30.2 Å². The van der Waals surface area contributed by atoms with Gasteiger partial charge in [0.25, 0.3) is 0 Å². The molecule has 1 aromatic carbocycles. The smallest absolute Gasteiger partial charge is 0.0973 e. The molecule has 0 spiro atoms. The number of benzene rings is 1. The molecular weight excluding hydrogens is 356 g/mol. The van der Waals surface area contributed by atoms with Gasteiger partial charge in [-0.3, -0.25) is 0 Å². The van der Waals surface area contributed by atoms with Crippen molar-refractivity contribution in [3.05, 3.63) is 53.8 Å². The first-order valence-electron chi connectivity index (χ1n) is 9.61. The molecule has 5 rings (SSSR count). The van der Waals surface area contributed by atoms with Crippen molar-refractivity contribution in [2.75, 3.05) is 18.0 Å². The summed E-state index contributed by atoms with van der Waals surface area (Å²) in [6, 6.07) is 14.8. The lowest BCUT2D eigenvalue weighted by molar-refractivity contribution is 0.171. The predicted octanol–water partition coefficient (Wildman–Crippen LogP) is 5.03. The van der Waals surface area contributed by atoms with Gasteiger partial charge in [0.15, 0.2) is 0 Å². The van der Waals surface area contributed by atoms with E-state index in [1.165, 1.54) is 12.1 Å². The van der Waals surface area contributed by atoms with E-state index in [1.807, 2.05) is 41.2 Å². The molecular formula is C22H21ClN4. The van der Waals surface area contributed by atoms with Gasteiger partial charge in [0.05, 0.1) is 29.4 Å². The number of nitrogens with zero attached hydrogens (tertiary/aromatic N) is 4. The molecule has 1 aliphatic heterocycles. The average molecular weight is 377 g/mol. The molecule has 27 heavy (non-hydrogen) atoms. The van der Waals surface area contributed by atoms with Crippen LogP contribution in [0.4, 0.5) is 5.69 Å². The minimum Gasteiger partial charge on any atom is -0.369 e.